The monoisotopic (exact) mass is 408 g/mol. The summed E-state index contributed by atoms with van der Waals surface area (Å²) in [5.74, 6) is 1.09. The Morgan fingerprint density at radius 3 is 2.13 bits per heavy atom. The van der Waals surface area contributed by atoms with Crippen molar-refractivity contribution in [3.8, 4) is 5.75 Å². The normalized spacial score (nSPS) is 27.7. The predicted octanol–water partition coefficient (Wildman–Crippen LogP) is 6.40. The first-order chi connectivity index (χ1) is 15.1. The zero-order valence-electron chi connectivity index (χ0n) is 18.2. The highest BCUT2D eigenvalue weighted by molar-refractivity contribution is 5.84. The lowest BCUT2D eigenvalue weighted by Gasteiger charge is -2.54. The van der Waals surface area contributed by atoms with Gasteiger partial charge in [-0.1, -0.05) is 67.6 Å². The van der Waals surface area contributed by atoms with Crippen molar-refractivity contribution < 1.29 is 9.53 Å². The van der Waals surface area contributed by atoms with Gasteiger partial charge in [-0.25, -0.2) is 0 Å². The van der Waals surface area contributed by atoms with Crippen molar-refractivity contribution in [3.05, 3.63) is 100 Å². The van der Waals surface area contributed by atoms with E-state index in [-0.39, 0.29) is 23.7 Å². The summed E-state index contributed by atoms with van der Waals surface area (Å²) in [6.45, 7) is 4.38. The third-order valence-corrected chi connectivity index (χ3v) is 8.33. The molecular formula is C29H28O2. The van der Waals surface area contributed by atoms with Gasteiger partial charge in [0.1, 0.15) is 5.75 Å². The van der Waals surface area contributed by atoms with Crippen molar-refractivity contribution >= 4 is 5.97 Å². The van der Waals surface area contributed by atoms with Crippen LogP contribution >= 0.6 is 0 Å². The molecule has 2 bridgehead atoms. The molecule has 0 saturated carbocycles. The highest BCUT2D eigenvalue weighted by atomic mass is 16.5. The molecule has 0 aliphatic heterocycles. The summed E-state index contributed by atoms with van der Waals surface area (Å²) in [5.41, 5.74) is 7.31. The number of hydrogen-bond acceptors (Lipinski definition) is 2. The van der Waals surface area contributed by atoms with Crippen LogP contribution < -0.4 is 4.74 Å². The standard InChI is InChI=1S/C29H28O2/c1-18-26-21-13-5-7-15-23(21)27(24-16-8-6-14-22(24)26)29(18,2)28(30)31-25-17-9-11-19-10-3-4-12-20(19)25/h5-9,11,13-18,26-27H,3-4,10,12H2,1-2H3. The van der Waals surface area contributed by atoms with E-state index in [1.165, 1.54) is 46.2 Å². The molecule has 0 aromatic heterocycles. The van der Waals surface area contributed by atoms with Gasteiger partial charge in [0.25, 0.3) is 0 Å². The van der Waals surface area contributed by atoms with Crippen LogP contribution in [0.4, 0.5) is 0 Å². The molecule has 2 heteroatoms. The SMILES string of the molecule is CC1C2c3ccccc3C(c3ccccc32)C1(C)C(=O)Oc1cccc2c1CCCC2. The number of carbonyl (C=O) groups excluding carboxylic acids is 1. The van der Waals surface area contributed by atoms with Crippen LogP contribution in [-0.4, -0.2) is 5.97 Å². The zero-order valence-corrected chi connectivity index (χ0v) is 18.2. The molecule has 0 N–H and O–H groups in total. The molecule has 3 aromatic carbocycles. The van der Waals surface area contributed by atoms with E-state index in [1.54, 1.807) is 0 Å². The van der Waals surface area contributed by atoms with E-state index in [0.29, 0.717) is 0 Å². The zero-order chi connectivity index (χ0) is 21.2. The van der Waals surface area contributed by atoms with Crippen molar-refractivity contribution in [1.29, 1.82) is 0 Å². The summed E-state index contributed by atoms with van der Waals surface area (Å²) < 4.78 is 6.27. The fourth-order valence-corrected chi connectivity index (χ4v) is 6.60. The maximum atomic E-state index is 14.0. The lowest BCUT2D eigenvalue weighted by Crippen LogP contribution is -2.52. The van der Waals surface area contributed by atoms with Gasteiger partial charge in [0.2, 0.25) is 0 Å². The third-order valence-electron chi connectivity index (χ3n) is 8.33. The minimum absolute atomic E-state index is 0.0203. The number of aryl methyl sites for hydroxylation is 1. The molecule has 0 fully saturated rings. The van der Waals surface area contributed by atoms with Gasteiger partial charge in [0.15, 0.2) is 0 Å². The minimum Gasteiger partial charge on any atom is -0.426 e. The number of benzene rings is 3. The molecule has 7 rings (SSSR count). The fourth-order valence-electron chi connectivity index (χ4n) is 6.60. The second kappa shape index (κ2) is 6.82. The number of ether oxygens (including phenoxy) is 1. The van der Waals surface area contributed by atoms with Gasteiger partial charge in [0.05, 0.1) is 5.41 Å². The highest BCUT2D eigenvalue weighted by Crippen LogP contribution is 2.64. The van der Waals surface area contributed by atoms with E-state index in [0.717, 1.165) is 18.6 Å². The van der Waals surface area contributed by atoms with Crippen molar-refractivity contribution in [3.63, 3.8) is 0 Å². The summed E-state index contributed by atoms with van der Waals surface area (Å²) in [4.78, 5) is 14.0. The van der Waals surface area contributed by atoms with E-state index in [9.17, 15) is 4.79 Å². The third kappa shape index (κ3) is 2.54. The number of fused-ring (bicyclic) bond motifs is 2. The maximum Gasteiger partial charge on any atom is 0.318 e. The predicted molar refractivity (Wildman–Crippen MR) is 123 cm³/mol. The smallest absolute Gasteiger partial charge is 0.318 e. The molecule has 156 valence electrons. The Balaban J connectivity index is 1.46. The average molecular weight is 409 g/mol. The Labute approximate surface area is 184 Å². The second-order valence-electron chi connectivity index (χ2n) is 9.73. The summed E-state index contributed by atoms with van der Waals surface area (Å²) in [6, 6.07) is 23.6. The topological polar surface area (TPSA) is 26.3 Å². The second-order valence-corrected chi connectivity index (χ2v) is 9.73. The lowest BCUT2D eigenvalue weighted by molar-refractivity contribution is -0.150. The molecule has 2 atom stereocenters. The Morgan fingerprint density at radius 2 is 1.45 bits per heavy atom. The fraction of sp³-hybridized carbons (Fsp3) is 0.345. The molecule has 31 heavy (non-hydrogen) atoms. The molecule has 0 spiro atoms. The molecule has 4 aliphatic rings. The van der Waals surface area contributed by atoms with Crippen molar-refractivity contribution in [2.75, 3.05) is 0 Å². The van der Waals surface area contributed by atoms with Crippen molar-refractivity contribution in [1.82, 2.24) is 0 Å². The van der Waals surface area contributed by atoms with Gasteiger partial charge in [0, 0.05) is 11.8 Å². The first kappa shape index (κ1) is 18.9. The molecule has 2 nitrogen and oxygen atoms in total. The number of rotatable bonds is 2. The number of hydrogen-bond donors (Lipinski definition) is 0. The van der Waals surface area contributed by atoms with E-state index < -0.39 is 5.41 Å². The molecule has 2 unspecified atom stereocenters. The molecular weight excluding hydrogens is 380 g/mol. The lowest BCUT2D eigenvalue weighted by atomic mass is 9.48. The van der Waals surface area contributed by atoms with Crippen LogP contribution in [0.3, 0.4) is 0 Å². The molecule has 4 aliphatic carbocycles. The molecule has 0 saturated heterocycles. The van der Waals surface area contributed by atoms with Gasteiger partial charge in [-0.2, -0.15) is 0 Å². The number of carbonyl (C=O) groups is 1. The van der Waals surface area contributed by atoms with Crippen LogP contribution in [0.1, 0.15) is 71.9 Å². The van der Waals surface area contributed by atoms with Gasteiger partial charge in [-0.15, -0.1) is 0 Å². The Bertz CT molecular complexity index is 1150. The van der Waals surface area contributed by atoms with E-state index >= 15 is 0 Å². The largest absolute Gasteiger partial charge is 0.426 e. The Hall–Kier alpha value is -2.87. The summed E-state index contributed by atoms with van der Waals surface area (Å²) in [5, 5.41) is 0. The molecule has 3 aromatic rings. The summed E-state index contributed by atoms with van der Waals surface area (Å²) in [6.07, 6.45) is 4.47. The molecule has 0 heterocycles. The van der Waals surface area contributed by atoms with Crippen LogP contribution in [0.2, 0.25) is 0 Å². The minimum atomic E-state index is -0.606. The van der Waals surface area contributed by atoms with Crippen LogP contribution in [0.5, 0.6) is 5.75 Å². The quantitative estimate of drug-likeness (QED) is 0.362. The van der Waals surface area contributed by atoms with E-state index in [2.05, 4.69) is 68.4 Å². The first-order valence-corrected chi connectivity index (χ1v) is 11.6. The average Bonchev–Trinajstić information content (AvgIpc) is 2.81. The van der Waals surface area contributed by atoms with Crippen LogP contribution in [0.15, 0.2) is 66.7 Å². The van der Waals surface area contributed by atoms with E-state index in [1.807, 2.05) is 12.1 Å². The Morgan fingerprint density at radius 1 is 0.839 bits per heavy atom. The van der Waals surface area contributed by atoms with E-state index in [4.69, 9.17) is 4.74 Å². The van der Waals surface area contributed by atoms with Crippen LogP contribution in [-0.2, 0) is 17.6 Å². The van der Waals surface area contributed by atoms with Gasteiger partial charge in [-0.3, -0.25) is 4.79 Å². The van der Waals surface area contributed by atoms with Gasteiger partial charge < -0.3 is 4.74 Å². The first-order valence-electron chi connectivity index (χ1n) is 11.6. The van der Waals surface area contributed by atoms with Crippen LogP contribution in [0, 0.1) is 11.3 Å². The molecule has 0 amide bonds. The highest BCUT2D eigenvalue weighted by Gasteiger charge is 2.59. The Kier molecular flexibility index (Phi) is 4.15. The molecule has 0 radical (unpaired) electrons. The van der Waals surface area contributed by atoms with Gasteiger partial charge >= 0.3 is 5.97 Å². The van der Waals surface area contributed by atoms with Gasteiger partial charge in [-0.05, 0) is 78.0 Å². The summed E-state index contributed by atoms with van der Waals surface area (Å²) >= 11 is 0. The van der Waals surface area contributed by atoms with Crippen LogP contribution in [0.25, 0.3) is 0 Å². The maximum absolute atomic E-state index is 14.0. The van der Waals surface area contributed by atoms with Crippen molar-refractivity contribution in [2.45, 2.75) is 51.4 Å². The van der Waals surface area contributed by atoms with Crippen molar-refractivity contribution in [2.24, 2.45) is 11.3 Å². The number of esters is 1. The summed E-state index contributed by atoms with van der Waals surface area (Å²) in [7, 11) is 0.